The summed E-state index contributed by atoms with van der Waals surface area (Å²) in [7, 11) is 0. The second-order valence-electron chi connectivity index (χ2n) is 8.66. The molecule has 0 aliphatic carbocycles. The van der Waals surface area contributed by atoms with E-state index in [0.29, 0.717) is 44.0 Å². The van der Waals surface area contributed by atoms with Crippen LogP contribution < -0.4 is 10.1 Å². The first kappa shape index (κ1) is 22.6. The molecule has 6 nitrogen and oxygen atoms in total. The van der Waals surface area contributed by atoms with Gasteiger partial charge in [-0.15, -0.1) is 0 Å². The van der Waals surface area contributed by atoms with E-state index in [2.05, 4.69) is 5.32 Å². The molecule has 1 heterocycles. The summed E-state index contributed by atoms with van der Waals surface area (Å²) in [5.74, 6) is 0.764. The van der Waals surface area contributed by atoms with E-state index in [4.69, 9.17) is 9.47 Å². The summed E-state index contributed by atoms with van der Waals surface area (Å²) >= 11 is 0. The first-order valence-electron chi connectivity index (χ1n) is 10.5. The minimum atomic E-state index is -0.523. The molecule has 1 fully saturated rings. The van der Waals surface area contributed by atoms with Gasteiger partial charge in [0, 0.05) is 25.6 Å². The molecule has 31 heavy (non-hydrogen) atoms. The molecule has 0 unspecified atom stereocenters. The van der Waals surface area contributed by atoms with E-state index < -0.39 is 5.60 Å². The van der Waals surface area contributed by atoms with E-state index in [0.717, 1.165) is 5.56 Å². The van der Waals surface area contributed by atoms with Crippen LogP contribution in [0, 0.1) is 11.7 Å². The molecule has 1 saturated heterocycles. The second kappa shape index (κ2) is 9.81. The molecular formula is C24H29FN2O4. The quantitative estimate of drug-likeness (QED) is 0.737. The number of hydrogen-bond donors (Lipinski definition) is 1. The fourth-order valence-corrected chi connectivity index (χ4v) is 3.30. The van der Waals surface area contributed by atoms with E-state index in [1.165, 1.54) is 12.1 Å². The Balaban J connectivity index is 1.42. The highest BCUT2D eigenvalue weighted by Gasteiger charge is 2.29. The minimum Gasteiger partial charge on any atom is -0.457 e. The number of ether oxygens (including phenoxy) is 2. The molecule has 2 amide bonds. The number of piperidine rings is 1. The van der Waals surface area contributed by atoms with Gasteiger partial charge in [0.25, 0.3) is 0 Å². The van der Waals surface area contributed by atoms with Crippen LogP contribution in [-0.4, -0.2) is 35.6 Å². The van der Waals surface area contributed by atoms with Crippen LogP contribution in [0.4, 0.5) is 9.18 Å². The van der Waals surface area contributed by atoms with Gasteiger partial charge in [0.2, 0.25) is 5.91 Å². The summed E-state index contributed by atoms with van der Waals surface area (Å²) < 4.78 is 24.0. The van der Waals surface area contributed by atoms with Gasteiger partial charge in [-0.3, -0.25) is 4.79 Å². The number of rotatable bonds is 5. The topological polar surface area (TPSA) is 67.9 Å². The van der Waals surface area contributed by atoms with Crippen LogP contribution in [0.25, 0.3) is 0 Å². The average Bonchev–Trinajstić information content (AvgIpc) is 2.73. The molecule has 166 valence electrons. The van der Waals surface area contributed by atoms with Crippen LogP contribution in [0.1, 0.15) is 39.2 Å². The standard InChI is InChI=1S/C24H29FN2O4/c1-24(2,3)31-23(29)27-14-12-18(13-15-27)22(28)26-16-17-4-8-20(9-5-17)30-21-10-6-19(25)7-11-21/h4-11,18H,12-16H2,1-3H3,(H,26,28). The van der Waals surface area contributed by atoms with Gasteiger partial charge in [-0.05, 0) is 75.6 Å². The highest BCUT2D eigenvalue weighted by atomic mass is 19.1. The molecule has 0 aromatic heterocycles. The van der Waals surface area contributed by atoms with Gasteiger partial charge in [-0.1, -0.05) is 12.1 Å². The molecule has 1 aliphatic heterocycles. The molecule has 3 rings (SSSR count). The van der Waals surface area contributed by atoms with Crippen molar-refractivity contribution in [1.29, 1.82) is 0 Å². The zero-order valence-electron chi connectivity index (χ0n) is 18.2. The summed E-state index contributed by atoms with van der Waals surface area (Å²) in [6.07, 6.45) is 0.916. The number of nitrogens with one attached hydrogen (secondary N) is 1. The highest BCUT2D eigenvalue weighted by molar-refractivity contribution is 5.79. The summed E-state index contributed by atoms with van der Waals surface area (Å²) in [6, 6.07) is 13.2. The third-order valence-electron chi connectivity index (χ3n) is 4.96. The molecule has 1 aliphatic rings. The molecule has 0 bridgehead atoms. The van der Waals surface area contributed by atoms with Crippen molar-refractivity contribution in [3.8, 4) is 11.5 Å². The monoisotopic (exact) mass is 428 g/mol. The predicted molar refractivity (Wildman–Crippen MR) is 115 cm³/mol. The first-order valence-corrected chi connectivity index (χ1v) is 10.5. The Morgan fingerprint density at radius 3 is 2.10 bits per heavy atom. The normalized spacial score (nSPS) is 14.8. The highest BCUT2D eigenvalue weighted by Crippen LogP contribution is 2.23. The van der Waals surface area contributed by atoms with E-state index in [9.17, 15) is 14.0 Å². The lowest BCUT2D eigenvalue weighted by Gasteiger charge is -2.32. The SMILES string of the molecule is CC(C)(C)OC(=O)N1CCC(C(=O)NCc2ccc(Oc3ccc(F)cc3)cc2)CC1. The number of carbonyl (C=O) groups excluding carboxylic acids is 2. The molecule has 0 saturated carbocycles. The lowest BCUT2D eigenvalue weighted by molar-refractivity contribution is -0.126. The van der Waals surface area contributed by atoms with Crippen molar-refractivity contribution in [3.63, 3.8) is 0 Å². The van der Waals surface area contributed by atoms with Gasteiger partial charge in [-0.2, -0.15) is 0 Å². The van der Waals surface area contributed by atoms with Crippen LogP contribution in [0.5, 0.6) is 11.5 Å². The third-order valence-corrected chi connectivity index (χ3v) is 4.96. The van der Waals surface area contributed by atoms with Gasteiger partial charge in [-0.25, -0.2) is 9.18 Å². The Hall–Kier alpha value is -3.09. The number of carbonyl (C=O) groups is 2. The predicted octanol–water partition coefficient (Wildman–Crippen LogP) is 4.88. The number of benzene rings is 2. The summed E-state index contributed by atoms with van der Waals surface area (Å²) in [4.78, 5) is 26.3. The van der Waals surface area contributed by atoms with Crippen LogP contribution >= 0.6 is 0 Å². The molecule has 7 heteroatoms. The summed E-state index contributed by atoms with van der Waals surface area (Å²) in [5, 5.41) is 2.97. The Morgan fingerprint density at radius 1 is 1.00 bits per heavy atom. The molecule has 2 aromatic carbocycles. The van der Waals surface area contributed by atoms with Gasteiger partial charge < -0.3 is 19.7 Å². The number of hydrogen-bond acceptors (Lipinski definition) is 4. The Bertz CT molecular complexity index is 883. The van der Waals surface area contributed by atoms with Gasteiger partial charge in [0.05, 0.1) is 0 Å². The maximum Gasteiger partial charge on any atom is 0.410 e. The Labute approximate surface area is 182 Å². The maximum atomic E-state index is 13.0. The lowest BCUT2D eigenvalue weighted by atomic mass is 9.96. The lowest BCUT2D eigenvalue weighted by Crippen LogP contribution is -2.44. The van der Waals surface area contributed by atoms with Gasteiger partial charge in [0.1, 0.15) is 22.9 Å². The molecule has 0 radical (unpaired) electrons. The van der Waals surface area contributed by atoms with Crippen molar-refractivity contribution in [2.24, 2.45) is 5.92 Å². The Morgan fingerprint density at radius 2 is 1.55 bits per heavy atom. The van der Waals surface area contributed by atoms with Crippen molar-refractivity contribution >= 4 is 12.0 Å². The maximum absolute atomic E-state index is 13.0. The number of halogens is 1. The summed E-state index contributed by atoms with van der Waals surface area (Å²) in [6.45, 7) is 6.97. The fourth-order valence-electron chi connectivity index (χ4n) is 3.30. The Kier molecular flexibility index (Phi) is 7.15. The van der Waals surface area contributed by atoms with E-state index in [-0.39, 0.29) is 23.7 Å². The zero-order valence-corrected chi connectivity index (χ0v) is 18.2. The minimum absolute atomic E-state index is 0.00419. The van der Waals surface area contributed by atoms with Crippen molar-refractivity contribution in [1.82, 2.24) is 10.2 Å². The van der Waals surface area contributed by atoms with Crippen LogP contribution in [0.3, 0.4) is 0 Å². The van der Waals surface area contributed by atoms with Crippen LogP contribution in [-0.2, 0) is 16.1 Å². The van der Waals surface area contributed by atoms with Gasteiger partial charge in [0.15, 0.2) is 0 Å². The summed E-state index contributed by atoms with van der Waals surface area (Å²) in [5.41, 5.74) is 0.427. The largest absolute Gasteiger partial charge is 0.457 e. The number of amides is 2. The van der Waals surface area contributed by atoms with Crippen molar-refractivity contribution < 1.29 is 23.5 Å². The van der Waals surface area contributed by atoms with E-state index in [1.54, 1.807) is 17.0 Å². The molecule has 0 atom stereocenters. The van der Waals surface area contributed by atoms with Gasteiger partial charge >= 0.3 is 6.09 Å². The van der Waals surface area contributed by atoms with Crippen molar-refractivity contribution in [3.05, 3.63) is 59.9 Å². The molecular weight excluding hydrogens is 399 g/mol. The molecule has 1 N–H and O–H groups in total. The van der Waals surface area contributed by atoms with Crippen LogP contribution in [0.2, 0.25) is 0 Å². The van der Waals surface area contributed by atoms with Crippen LogP contribution in [0.15, 0.2) is 48.5 Å². The van der Waals surface area contributed by atoms with Crippen molar-refractivity contribution in [2.75, 3.05) is 13.1 Å². The molecule has 0 spiro atoms. The smallest absolute Gasteiger partial charge is 0.410 e. The average molecular weight is 429 g/mol. The number of likely N-dealkylation sites (tertiary alicyclic amines) is 1. The fraction of sp³-hybridized carbons (Fsp3) is 0.417. The van der Waals surface area contributed by atoms with E-state index in [1.807, 2.05) is 45.0 Å². The number of nitrogens with zero attached hydrogens (tertiary/aromatic N) is 1. The zero-order chi connectivity index (χ0) is 22.4. The van der Waals surface area contributed by atoms with E-state index >= 15 is 0 Å². The molecule has 2 aromatic rings. The second-order valence-corrected chi connectivity index (χ2v) is 8.66. The van der Waals surface area contributed by atoms with Crippen molar-refractivity contribution in [2.45, 2.75) is 45.8 Å². The first-order chi connectivity index (χ1) is 14.7. The third kappa shape index (κ3) is 6.98.